The second-order valence-electron chi connectivity index (χ2n) is 6.27. The zero-order valence-corrected chi connectivity index (χ0v) is 10.8. The maximum absolute atomic E-state index is 6.26. The molecule has 0 fully saturated rings. The molecule has 1 aromatic rings. The summed E-state index contributed by atoms with van der Waals surface area (Å²) in [5.41, 5.74) is 9.70. The summed E-state index contributed by atoms with van der Waals surface area (Å²) in [7, 11) is 4.40. The van der Waals surface area contributed by atoms with E-state index in [1.165, 1.54) is 11.1 Å². The van der Waals surface area contributed by atoms with E-state index in [1.807, 2.05) is 0 Å². The molecule has 15 heavy (non-hydrogen) atoms. The molecule has 0 aliphatic heterocycles. The summed E-state index contributed by atoms with van der Waals surface area (Å²) in [5.74, 6) is 0. The van der Waals surface area contributed by atoms with E-state index in [1.54, 1.807) is 0 Å². The molecule has 0 saturated carbocycles. The Labute approximate surface area is 95.3 Å². The number of rotatable bonds is 2. The summed E-state index contributed by atoms with van der Waals surface area (Å²) in [5, 5.41) is 0.233. The third-order valence-electron chi connectivity index (χ3n) is 2.72. The molecule has 1 rings (SSSR count). The lowest BCUT2D eigenvalue weighted by molar-refractivity contribution is 0.740. The van der Waals surface area contributed by atoms with Gasteiger partial charge in [0.15, 0.2) is 0 Å². The molecule has 0 radical (unpaired) electrons. The number of anilines is 1. The molecule has 80 valence electrons. The fourth-order valence-corrected chi connectivity index (χ4v) is 1.87. The molecule has 0 atom stereocenters. The molecule has 0 amide bonds. The van der Waals surface area contributed by atoms with E-state index in [-0.39, 0.29) is 10.6 Å². The third kappa shape index (κ3) is 2.58. The molecule has 0 saturated heterocycles. The van der Waals surface area contributed by atoms with Crippen molar-refractivity contribution < 1.29 is 0 Å². The normalized spacial score (nSPS) is 12.8. The molecule has 1 nitrogen and oxygen atoms in total. The number of hydrogen-bond acceptors (Lipinski definition) is 1. The second kappa shape index (κ2) is 3.62. The van der Waals surface area contributed by atoms with Gasteiger partial charge in [-0.2, -0.15) is 0 Å². The van der Waals surface area contributed by atoms with Gasteiger partial charge in [0.1, 0.15) is 15.7 Å². The van der Waals surface area contributed by atoms with Crippen LogP contribution in [0.4, 0.5) is 5.69 Å². The van der Waals surface area contributed by atoms with Crippen molar-refractivity contribution in [3.8, 4) is 0 Å². The number of para-hydroxylation sites is 1. The highest BCUT2D eigenvalue weighted by molar-refractivity contribution is 6.17. The van der Waals surface area contributed by atoms with Crippen LogP contribution in [0, 0.1) is 0 Å². The standard InChI is InChI=1S/C12H21B2N/c1-11(2,13)8-6-5-7-9(10(8)15)12(3,4)14/h5-7H,13-15H2,1-4H3. The maximum atomic E-state index is 6.26. The number of benzene rings is 1. The van der Waals surface area contributed by atoms with Crippen LogP contribution in [0.1, 0.15) is 38.8 Å². The average molecular weight is 201 g/mol. The summed E-state index contributed by atoms with van der Waals surface area (Å²) in [6, 6.07) is 6.37. The van der Waals surface area contributed by atoms with Crippen molar-refractivity contribution in [3.05, 3.63) is 29.3 Å². The van der Waals surface area contributed by atoms with Gasteiger partial charge < -0.3 is 5.73 Å². The Bertz CT molecular complexity index is 327. The summed E-state index contributed by atoms with van der Waals surface area (Å²) in [4.78, 5) is 0. The summed E-state index contributed by atoms with van der Waals surface area (Å²) >= 11 is 0. The highest BCUT2D eigenvalue weighted by atomic mass is 14.6. The van der Waals surface area contributed by atoms with E-state index >= 15 is 0 Å². The van der Waals surface area contributed by atoms with Crippen molar-refractivity contribution in [2.24, 2.45) is 0 Å². The van der Waals surface area contributed by atoms with Crippen molar-refractivity contribution >= 4 is 21.4 Å². The molecule has 3 heteroatoms. The first-order valence-corrected chi connectivity index (χ1v) is 5.53. The summed E-state index contributed by atoms with van der Waals surface area (Å²) in [6.45, 7) is 8.80. The van der Waals surface area contributed by atoms with Crippen molar-refractivity contribution in [1.29, 1.82) is 0 Å². The van der Waals surface area contributed by atoms with Crippen LogP contribution < -0.4 is 5.73 Å². The number of hydrogen-bond donors (Lipinski definition) is 1. The minimum atomic E-state index is 0.116. The van der Waals surface area contributed by atoms with Gasteiger partial charge in [0.25, 0.3) is 0 Å². The highest BCUT2D eigenvalue weighted by Crippen LogP contribution is 2.33. The second-order valence-corrected chi connectivity index (χ2v) is 6.27. The van der Waals surface area contributed by atoms with E-state index in [2.05, 4.69) is 61.6 Å². The first-order chi connectivity index (χ1) is 6.64. The first kappa shape index (κ1) is 12.2. The van der Waals surface area contributed by atoms with Gasteiger partial charge in [-0.1, -0.05) is 45.9 Å². The lowest BCUT2D eigenvalue weighted by atomic mass is 9.62. The van der Waals surface area contributed by atoms with Crippen molar-refractivity contribution in [2.45, 2.75) is 38.3 Å². The highest BCUT2D eigenvalue weighted by Gasteiger charge is 2.23. The average Bonchev–Trinajstić information content (AvgIpc) is 1.99. The molecule has 0 bridgehead atoms. The summed E-state index contributed by atoms with van der Waals surface area (Å²) < 4.78 is 0. The molecule has 0 unspecified atom stereocenters. The van der Waals surface area contributed by atoms with Gasteiger partial charge in [-0.25, -0.2) is 0 Å². The predicted molar refractivity (Wildman–Crippen MR) is 74.0 cm³/mol. The SMILES string of the molecule is BC(C)(C)c1cccc(C(B)(C)C)c1N. The van der Waals surface area contributed by atoms with Crippen molar-refractivity contribution in [3.63, 3.8) is 0 Å². The van der Waals surface area contributed by atoms with Crippen LogP contribution in [0.3, 0.4) is 0 Å². The molecule has 0 aliphatic rings. The van der Waals surface area contributed by atoms with E-state index < -0.39 is 0 Å². The topological polar surface area (TPSA) is 26.0 Å². The Morgan fingerprint density at radius 3 is 1.53 bits per heavy atom. The molecule has 1 aromatic carbocycles. The number of nitrogen functional groups attached to an aromatic ring is 1. The van der Waals surface area contributed by atoms with E-state index in [0.29, 0.717) is 0 Å². The fraction of sp³-hybridized carbons (Fsp3) is 0.500. The van der Waals surface area contributed by atoms with Crippen LogP contribution in [0.2, 0.25) is 0 Å². The van der Waals surface area contributed by atoms with E-state index in [9.17, 15) is 0 Å². The molecular weight excluding hydrogens is 180 g/mol. The largest absolute Gasteiger partial charge is 0.398 e. The van der Waals surface area contributed by atoms with Crippen LogP contribution in [-0.4, -0.2) is 15.7 Å². The third-order valence-corrected chi connectivity index (χ3v) is 2.72. The Morgan fingerprint density at radius 1 is 0.933 bits per heavy atom. The van der Waals surface area contributed by atoms with Crippen LogP contribution in [0.5, 0.6) is 0 Å². The van der Waals surface area contributed by atoms with Crippen molar-refractivity contribution in [2.75, 3.05) is 5.73 Å². The zero-order chi connectivity index (χ0) is 11.9. The fourth-order valence-electron chi connectivity index (χ4n) is 1.87. The Balaban J connectivity index is 3.37. The van der Waals surface area contributed by atoms with Gasteiger partial charge >= 0.3 is 0 Å². The van der Waals surface area contributed by atoms with Crippen LogP contribution in [-0.2, 0) is 10.6 Å². The maximum Gasteiger partial charge on any atom is 0.114 e. The Morgan fingerprint density at radius 2 is 1.27 bits per heavy atom. The molecule has 2 N–H and O–H groups in total. The molecular formula is C12H21B2N. The van der Waals surface area contributed by atoms with Crippen LogP contribution in [0.25, 0.3) is 0 Å². The van der Waals surface area contributed by atoms with Gasteiger partial charge in [-0.05, 0) is 21.8 Å². The molecule has 0 heterocycles. The van der Waals surface area contributed by atoms with Crippen LogP contribution >= 0.6 is 0 Å². The predicted octanol–water partition coefficient (Wildman–Crippen LogP) is 1.01. The minimum Gasteiger partial charge on any atom is -0.398 e. The van der Waals surface area contributed by atoms with Crippen molar-refractivity contribution in [1.82, 2.24) is 0 Å². The zero-order valence-electron chi connectivity index (χ0n) is 10.8. The quantitative estimate of drug-likeness (QED) is 0.560. The Hall–Kier alpha value is -0.850. The molecule has 0 spiro atoms. The Kier molecular flexibility index (Phi) is 2.95. The monoisotopic (exact) mass is 201 g/mol. The van der Waals surface area contributed by atoms with Gasteiger partial charge in [0.05, 0.1) is 0 Å². The lowest BCUT2D eigenvalue weighted by Gasteiger charge is -2.28. The van der Waals surface area contributed by atoms with E-state index in [0.717, 1.165) is 5.69 Å². The smallest absolute Gasteiger partial charge is 0.114 e. The first-order valence-electron chi connectivity index (χ1n) is 5.53. The molecule has 0 aliphatic carbocycles. The van der Waals surface area contributed by atoms with Gasteiger partial charge in [0.2, 0.25) is 0 Å². The van der Waals surface area contributed by atoms with Gasteiger partial charge in [0, 0.05) is 5.69 Å². The minimum absolute atomic E-state index is 0.116. The summed E-state index contributed by atoms with van der Waals surface area (Å²) in [6.07, 6.45) is 0. The van der Waals surface area contributed by atoms with Crippen LogP contribution in [0.15, 0.2) is 18.2 Å². The van der Waals surface area contributed by atoms with Gasteiger partial charge in [-0.3, -0.25) is 0 Å². The van der Waals surface area contributed by atoms with Gasteiger partial charge in [-0.15, -0.1) is 0 Å². The number of nitrogens with two attached hydrogens (primary N) is 1. The van der Waals surface area contributed by atoms with E-state index in [4.69, 9.17) is 5.73 Å². The molecule has 0 aromatic heterocycles. The lowest BCUT2D eigenvalue weighted by Crippen LogP contribution is -2.24.